The van der Waals surface area contributed by atoms with Crippen molar-refractivity contribution in [1.29, 1.82) is 0 Å². The lowest BCUT2D eigenvalue weighted by Crippen LogP contribution is -2.49. The number of rotatable bonds is 4. The van der Waals surface area contributed by atoms with Crippen molar-refractivity contribution in [3.63, 3.8) is 0 Å². The number of hydrogen-bond donors (Lipinski definition) is 1. The average Bonchev–Trinajstić information content (AvgIpc) is 2.96. The molecule has 22 heavy (non-hydrogen) atoms. The Morgan fingerprint density at radius 3 is 2.95 bits per heavy atom. The summed E-state index contributed by atoms with van der Waals surface area (Å²) < 4.78 is 10.0. The molecule has 1 aromatic heterocycles. The van der Waals surface area contributed by atoms with E-state index in [0.717, 1.165) is 19.3 Å². The highest BCUT2D eigenvalue weighted by Crippen LogP contribution is 2.28. The first-order valence-corrected chi connectivity index (χ1v) is 7.43. The number of aryl methyl sites for hydroxylation is 1. The third-order valence-electron chi connectivity index (χ3n) is 4.14. The SMILES string of the molecule is COCc1cc(C(=O)NC2(C)CCc3ccccc3C2)no1. The number of nitrogens with one attached hydrogen (secondary N) is 1. The number of fused-ring (bicyclic) bond motifs is 1. The highest BCUT2D eigenvalue weighted by Gasteiger charge is 2.32. The van der Waals surface area contributed by atoms with E-state index in [1.807, 2.05) is 6.07 Å². The second kappa shape index (κ2) is 5.93. The molecule has 1 aliphatic rings. The van der Waals surface area contributed by atoms with Gasteiger partial charge in [0.2, 0.25) is 0 Å². The molecule has 1 atom stereocenters. The molecule has 0 bridgehead atoms. The molecule has 3 rings (SSSR count). The van der Waals surface area contributed by atoms with Gasteiger partial charge < -0.3 is 14.6 Å². The fraction of sp³-hybridized carbons (Fsp3) is 0.412. The minimum Gasteiger partial charge on any atom is -0.377 e. The van der Waals surface area contributed by atoms with Crippen molar-refractivity contribution in [3.05, 3.63) is 52.9 Å². The van der Waals surface area contributed by atoms with Crippen molar-refractivity contribution >= 4 is 5.91 Å². The van der Waals surface area contributed by atoms with Crippen LogP contribution in [0.2, 0.25) is 0 Å². The van der Waals surface area contributed by atoms with Crippen molar-refractivity contribution in [2.45, 2.75) is 38.3 Å². The Kier molecular flexibility index (Phi) is 3.98. The lowest BCUT2D eigenvalue weighted by Gasteiger charge is -2.35. The molecule has 116 valence electrons. The van der Waals surface area contributed by atoms with E-state index < -0.39 is 0 Å². The normalized spacial score (nSPS) is 20.5. The first-order chi connectivity index (χ1) is 10.6. The van der Waals surface area contributed by atoms with Crippen LogP contribution >= 0.6 is 0 Å². The zero-order valence-corrected chi connectivity index (χ0v) is 12.9. The van der Waals surface area contributed by atoms with Crippen molar-refractivity contribution in [2.75, 3.05) is 7.11 Å². The van der Waals surface area contributed by atoms with E-state index in [9.17, 15) is 4.79 Å². The van der Waals surface area contributed by atoms with Crippen molar-refractivity contribution in [1.82, 2.24) is 10.5 Å². The largest absolute Gasteiger partial charge is 0.377 e. The van der Waals surface area contributed by atoms with Gasteiger partial charge >= 0.3 is 0 Å². The number of carbonyl (C=O) groups excluding carboxylic acids is 1. The summed E-state index contributed by atoms with van der Waals surface area (Å²) in [5.74, 6) is 0.347. The Labute approximate surface area is 129 Å². The summed E-state index contributed by atoms with van der Waals surface area (Å²) >= 11 is 0. The van der Waals surface area contributed by atoms with Gasteiger partial charge in [0.15, 0.2) is 11.5 Å². The van der Waals surface area contributed by atoms with Gasteiger partial charge in [0.05, 0.1) is 0 Å². The van der Waals surface area contributed by atoms with Gasteiger partial charge in [0.25, 0.3) is 5.91 Å². The van der Waals surface area contributed by atoms with Gasteiger partial charge in [0.1, 0.15) is 6.61 Å². The maximum atomic E-state index is 12.4. The number of hydrogen-bond acceptors (Lipinski definition) is 4. The Morgan fingerprint density at radius 2 is 2.18 bits per heavy atom. The first-order valence-electron chi connectivity index (χ1n) is 7.43. The molecule has 5 heteroatoms. The van der Waals surface area contributed by atoms with Crippen LogP contribution < -0.4 is 5.32 Å². The van der Waals surface area contributed by atoms with Crippen LogP contribution in [0.25, 0.3) is 0 Å². The summed E-state index contributed by atoms with van der Waals surface area (Å²) in [6.07, 6.45) is 2.72. The van der Waals surface area contributed by atoms with E-state index >= 15 is 0 Å². The number of ether oxygens (including phenoxy) is 1. The third kappa shape index (κ3) is 3.04. The van der Waals surface area contributed by atoms with Crippen LogP contribution in [0.3, 0.4) is 0 Å². The van der Waals surface area contributed by atoms with E-state index in [2.05, 4.69) is 35.6 Å². The van der Waals surface area contributed by atoms with Crippen LogP contribution in [-0.4, -0.2) is 23.7 Å². The summed E-state index contributed by atoms with van der Waals surface area (Å²) in [6, 6.07) is 10.0. The predicted octanol–water partition coefficient (Wildman–Crippen LogP) is 2.50. The Morgan fingerprint density at radius 1 is 1.41 bits per heavy atom. The van der Waals surface area contributed by atoms with Gasteiger partial charge in [-0.05, 0) is 37.3 Å². The molecule has 1 unspecified atom stereocenters. The maximum Gasteiger partial charge on any atom is 0.273 e. The van der Waals surface area contributed by atoms with Gasteiger partial charge in [-0.15, -0.1) is 0 Å². The quantitative estimate of drug-likeness (QED) is 0.942. The lowest BCUT2D eigenvalue weighted by atomic mass is 9.79. The van der Waals surface area contributed by atoms with Crippen molar-refractivity contribution < 1.29 is 14.1 Å². The minimum atomic E-state index is -0.258. The molecular weight excluding hydrogens is 280 g/mol. The smallest absolute Gasteiger partial charge is 0.273 e. The van der Waals surface area contributed by atoms with Gasteiger partial charge in [0, 0.05) is 18.7 Å². The fourth-order valence-corrected chi connectivity index (χ4v) is 2.97. The Balaban J connectivity index is 1.71. The Bertz CT molecular complexity index is 680. The van der Waals surface area contributed by atoms with Crippen LogP contribution in [0.4, 0.5) is 0 Å². The molecule has 5 nitrogen and oxygen atoms in total. The summed E-state index contributed by atoms with van der Waals surface area (Å²) in [7, 11) is 1.57. The van der Waals surface area contributed by atoms with Crippen LogP contribution in [-0.2, 0) is 24.2 Å². The summed E-state index contributed by atoms with van der Waals surface area (Å²) in [4.78, 5) is 12.4. The molecule has 0 saturated carbocycles. The second-order valence-corrected chi connectivity index (χ2v) is 6.07. The monoisotopic (exact) mass is 300 g/mol. The lowest BCUT2D eigenvalue weighted by molar-refractivity contribution is 0.0888. The van der Waals surface area contributed by atoms with Crippen LogP contribution in [0.15, 0.2) is 34.9 Å². The molecule has 1 aromatic carbocycles. The molecule has 1 heterocycles. The summed E-state index contributed by atoms with van der Waals surface area (Å²) in [6.45, 7) is 2.39. The van der Waals surface area contributed by atoms with Gasteiger partial charge in [-0.25, -0.2) is 0 Å². The van der Waals surface area contributed by atoms with Gasteiger partial charge in [-0.2, -0.15) is 0 Å². The van der Waals surface area contributed by atoms with Crippen molar-refractivity contribution in [3.8, 4) is 0 Å². The minimum absolute atomic E-state index is 0.201. The van der Waals surface area contributed by atoms with E-state index in [4.69, 9.17) is 9.26 Å². The number of aromatic nitrogens is 1. The topological polar surface area (TPSA) is 64.4 Å². The molecule has 0 radical (unpaired) electrons. The molecule has 1 amide bonds. The zero-order valence-electron chi connectivity index (χ0n) is 12.9. The van der Waals surface area contributed by atoms with E-state index in [-0.39, 0.29) is 11.4 Å². The molecule has 0 fully saturated rings. The van der Waals surface area contributed by atoms with E-state index in [0.29, 0.717) is 18.1 Å². The molecule has 1 aliphatic carbocycles. The fourth-order valence-electron chi connectivity index (χ4n) is 2.97. The highest BCUT2D eigenvalue weighted by atomic mass is 16.5. The number of amides is 1. The molecule has 0 aliphatic heterocycles. The second-order valence-electron chi connectivity index (χ2n) is 6.07. The average molecular weight is 300 g/mol. The zero-order chi connectivity index (χ0) is 15.6. The highest BCUT2D eigenvalue weighted by molar-refractivity contribution is 5.92. The molecule has 1 N–H and O–H groups in total. The van der Waals surface area contributed by atoms with Gasteiger partial charge in [-0.1, -0.05) is 29.4 Å². The van der Waals surface area contributed by atoms with E-state index in [1.165, 1.54) is 11.1 Å². The number of benzene rings is 1. The molecule has 0 saturated heterocycles. The number of carbonyl (C=O) groups is 1. The molecular formula is C17H20N2O3. The first kappa shape index (κ1) is 14.8. The van der Waals surface area contributed by atoms with Crippen molar-refractivity contribution in [2.24, 2.45) is 0 Å². The molecule has 2 aromatic rings. The summed E-state index contributed by atoms with van der Waals surface area (Å²) in [5, 5.41) is 6.91. The van der Waals surface area contributed by atoms with Crippen LogP contribution in [0, 0.1) is 0 Å². The van der Waals surface area contributed by atoms with Gasteiger partial charge in [-0.3, -0.25) is 4.79 Å². The van der Waals surface area contributed by atoms with Crippen LogP contribution in [0.1, 0.15) is 40.7 Å². The number of methoxy groups -OCH3 is 1. The Hall–Kier alpha value is -2.14. The molecule has 0 spiro atoms. The maximum absolute atomic E-state index is 12.4. The van der Waals surface area contributed by atoms with E-state index in [1.54, 1.807) is 13.2 Å². The third-order valence-corrected chi connectivity index (χ3v) is 4.14. The standard InChI is InChI=1S/C17H20N2O3/c1-17(8-7-12-5-3-4-6-13(12)10-17)18-16(20)15-9-14(11-21-2)22-19-15/h3-6,9H,7-8,10-11H2,1-2H3,(H,18,20). The number of nitrogens with zero attached hydrogens (tertiary/aromatic N) is 1. The summed E-state index contributed by atoms with van der Waals surface area (Å²) in [5.41, 5.74) is 2.72. The predicted molar refractivity (Wildman–Crippen MR) is 81.6 cm³/mol. The van der Waals surface area contributed by atoms with Crippen LogP contribution in [0.5, 0.6) is 0 Å².